The fourth-order valence-electron chi connectivity index (χ4n) is 2.82. The second-order valence-corrected chi connectivity index (χ2v) is 7.97. The predicted octanol–water partition coefficient (Wildman–Crippen LogP) is 4.79. The van der Waals surface area contributed by atoms with Gasteiger partial charge in [-0.1, -0.05) is 44.2 Å². The molecule has 5 heteroatoms. The van der Waals surface area contributed by atoms with Crippen LogP contribution >= 0.6 is 0 Å². The van der Waals surface area contributed by atoms with Gasteiger partial charge in [0.2, 0.25) is 0 Å². The molecule has 0 spiro atoms. The lowest BCUT2D eigenvalue weighted by molar-refractivity contribution is 0.187. The smallest absolute Gasteiger partial charge is 0.129 e. The Kier molecular flexibility index (Phi) is 6.83. The molecule has 3 rings (SSSR count). The highest BCUT2D eigenvalue weighted by Gasteiger charge is 2.16. The summed E-state index contributed by atoms with van der Waals surface area (Å²) in [5, 5.41) is 0. The first-order valence-electron chi connectivity index (χ1n) is 9.77. The summed E-state index contributed by atoms with van der Waals surface area (Å²) >= 11 is 0. The third-order valence-corrected chi connectivity index (χ3v) is 4.74. The summed E-state index contributed by atoms with van der Waals surface area (Å²) in [5.41, 5.74) is 7.88. The van der Waals surface area contributed by atoms with E-state index in [0.717, 1.165) is 22.7 Å². The molecule has 0 atom stereocenters. The van der Waals surface area contributed by atoms with Crippen molar-refractivity contribution in [2.45, 2.75) is 26.9 Å². The van der Waals surface area contributed by atoms with E-state index in [9.17, 15) is 4.39 Å². The second-order valence-electron chi connectivity index (χ2n) is 7.97. The average molecular weight is 394 g/mol. The lowest BCUT2D eigenvalue weighted by atomic mass is 9.95. The molecule has 0 bridgehead atoms. The largest absolute Gasteiger partial charge is 0.493 e. The SMILES string of the molecule is CC(C)(CN)COc1ccc(CN(Cc2ccc(F)cc2)c2ccccn2)cc1. The summed E-state index contributed by atoms with van der Waals surface area (Å²) in [6, 6.07) is 20.5. The van der Waals surface area contributed by atoms with Gasteiger partial charge in [0.05, 0.1) is 6.61 Å². The van der Waals surface area contributed by atoms with Crippen molar-refractivity contribution in [1.82, 2.24) is 4.98 Å². The molecular formula is C24H28FN3O. The van der Waals surface area contributed by atoms with Crippen molar-refractivity contribution in [3.8, 4) is 5.75 Å². The van der Waals surface area contributed by atoms with Crippen LogP contribution < -0.4 is 15.4 Å². The predicted molar refractivity (Wildman–Crippen MR) is 115 cm³/mol. The van der Waals surface area contributed by atoms with Crippen molar-refractivity contribution in [1.29, 1.82) is 0 Å². The Balaban J connectivity index is 1.71. The van der Waals surface area contributed by atoms with Crippen LogP contribution in [0.5, 0.6) is 5.75 Å². The first kappa shape index (κ1) is 20.8. The van der Waals surface area contributed by atoms with Gasteiger partial charge in [-0.2, -0.15) is 0 Å². The first-order chi connectivity index (χ1) is 13.9. The van der Waals surface area contributed by atoms with E-state index in [1.165, 1.54) is 12.1 Å². The first-order valence-corrected chi connectivity index (χ1v) is 9.77. The van der Waals surface area contributed by atoms with Gasteiger partial charge in [-0.15, -0.1) is 0 Å². The number of ether oxygens (including phenoxy) is 1. The highest BCUT2D eigenvalue weighted by atomic mass is 19.1. The third kappa shape index (κ3) is 6.29. The van der Waals surface area contributed by atoms with Gasteiger partial charge in [-0.25, -0.2) is 9.37 Å². The van der Waals surface area contributed by atoms with Gasteiger partial charge < -0.3 is 15.4 Å². The summed E-state index contributed by atoms with van der Waals surface area (Å²) in [7, 11) is 0. The molecule has 0 aliphatic heterocycles. The van der Waals surface area contributed by atoms with Crippen molar-refractivity contribution >= 4 is 5.82 Å². The van der Waals surface area contributed by atoms with Crippen LogP contribution in [0.3, 0.4) is 0 Å². The number of hydrogen-bond donors (Lipinski definition) is 1. The van der Waals surface area contributed by atoms with Gasteiger partial charge in [0.25, 0.3) is 0 Å². The number of nitrogens with zero attached hydrogens (tertiary/aromatic N) is 2. The van der Waals surface area contributed by atoms with Crippen molar-refractivity contribution < 1.29 is 9.13 Å². The Morgan fingerprint density at radius 2 is 1.55 bits per heavy atom. The molecule has 0 amide bonds. The molecule has 1 aromatic heterocycles. The monoisotopic (exact) mass is 393 g/mol. The van der Waals surface area contributed by atoms with Crippen LogP contribution in [-0.2, 0) is 13.1 Å². The van der Waals surface area contributed by atoms with E-state index in [2.05, 4.69) is 35.9 Å². The standard InChI is InChI=1S/C24H28FN3O/c1-24(2,17-26)18-29-22-12-8-20(9-13-22)16-28(23-5-3-4-14-27-23)15-19-6-10-21(25)11-7-19/h3-14H,15-18,26H2,1-2H3. The normalized spacial score (nSPS) is 11.3. The van der Waals surface area contributed by atoms with Crippen LogP contribution in [0.25, 0.3) is 0 Å². The summed E-state index contributed by atoms with van der Waals surface area (Å²) in [6.07, 6.45) is 1.78. The average Bonchev–Trinajstić information content (AvgIpc) is 2.75. The van der Waals surface area contributed by atoms with E-state index in [-0.39, 0.29) is 11.2 Å². The fourth-order valence-corrected chi connectivity index (χ4v) is 2.82. The quantitative estimate of drug-likeness (QED) is 0.568. The second kappa shape index (κ2) is 9.52. The highest BCUT2D eigenvalue weighted by molar-refractivity contribution is 5.41. The minimum absolute atomic E-state index is 0.0520. The number of anilines is 1. The van der Waals surface area contributed by atoms with E-state index in [1.807, 2.05) is 30.3 Å². The van der Waals surface area contributed by atoms with Crippen molar-refractivity contribution in [2.24, 2.45) is 11.1 Å². The Labute approximate surface area is 172 Å². The maximum atomic E-state index is 13.2. The van der Waals surface area contributed by atoms with Gasteiger partial charge in [0, 0.05) is 31.2 Å². The van der Waals surface area contributed by atoms with Gasteiger partial charge >= 0.3 is 0 Å². The molecular weight excluding hydrogens is 365 g/mol. The Hall–Kier alpha value is -2.92. The number of benzene rings is 2. The Bertz CT molecular complexity index is 880. The summed E-state index contributed by atoms with van der Waals surface area (Å²) in [5.74, 6) is 1.48. The maximum absolute atomic E-state index is 13.2. The van der Waals surface area contributed by atoms with Gasteiger partial charge in [0.15, 0.2) is 0 Å². The van der Waals surface area contributed by atoms with Gasteiger partial charge in [-0.3, -0.25) is 0 Å². The van der Waals surface area contributed by atoms with E-state index in [1.54, 1.807) is 18.3 Å². The molecule has 2 aromatic carbocycles. The van der Waals surface area contributed by atoms with Crippen molar-refractivity contribution in [2.75, 3.05) is 18.1 Å². The summed E-state index contributed by atoms with van der Waals surface area (Å²) in [4.78, 5) is 6.65. The third-order valence-electron chi connectivity index (χ3n) is 4.74. The fraction of sp³-hybridized carbons (Fsp3) is 0.292. The van der Waals surface area contributed by atoms with E-state index in [0.29, 0.717) is 26.2 Å². The van der Waals surface area contributed by atoms with Crippen LogP contribution in [0.1, 0.15) is 25.0 Å². The molecule has 0 aliphatic carbocycles. The highest BCUT2D eigenvalue weighted by Crippen LogP contribution is 2.21. The molecule has 0 radical (unpaired) electrons. The molecule has 1 heterocycles. The Morgan fingerprint density at radius 3 is 2.10 bits per heavy atom. The minimum atomic E-state index is -0.230. The Morgan fingerprint density at radius 1 is 0.931 bits per heavy atom. The molecule has 0 saturated carbocycles. The molecule has 2 N–H and O–H groups in total. The van der Waals surface area contributed by atoms with Crippen molar-refractivity contribution in [3.05, 3.63) is 89.9 Å². The minimum Gasteiger partial charge on any atom is -0.493 e. The molecule has 3 aromatic rings. The number of nitrogens with two attached hydrogens (primary N) is 1. The van der Waals surface area contributed by atoms with Crippen LogP contribution in [0.2, 0.25) is 0 Å². The van der Waals surface area contributed by atoms with E-state index >= 15 is 0 Å². The number of pyridine rings is 1. The molecule has 0 saturated heterocycles. The molecule has 152 valence electrons. The molecule has 4 nitrogen and oxygen atoms in total. The van der Waals surface area contributed by atoms with Crippen LogP contribution in [0.4, 0.5) is 10.2 Å². The molecule has 0 aliphatic rings. The van der Waals surface area contributed by atoms with Gasteiger partial charge in [-0.05, 0) is 47.5 Å². The molecule has 0 unspecified atom stereocenters. The summed E-state index contributed by atoms with van der Waals surface area (Å²) in [6.45, 7) is 6.65. The van der Waals surface area contributed by atoms with Crippen LogP contribution in [0.15, 0.2) is 72.9 Å². The molecule has 0 fully saturated rings. The zero-order chi connectivity index (χ0) is 20.7. The number of rotatable bonds is 9. The maximum Gasteiger partial charge on any atom is 0.129 e. The topological polar surface area (TPSA) is 51.4 Å². The number of aromatic nitrogens is 1. The molecule has 29 heavy (non-hydrogen) atoms. The lowest BCUT2D eigenvalue weighted by Crippen LogP contribution is -2.30. The van der Waals surface area contributed by atoms with Crippen molar-refractivity contribution in [3.63, 3.8) is 0 Å². The van der Waals surface area contributed by atoms with Crippen LogP contribution in [0, 0.1) is 11.2 Å². The number of hydrogen-bond acceptors (Lipinski definition) is 4. The van der Waals surface area contributed by atoms with E-state index in [4.69, 9.17) is 10.5 Å². The zero-order valence-corrected chi connectivity index (χ0v) is 17.0. The lowest BCUT2D eigenvalue weighted by Gasteiger charge is -2.24. The number of halogens is 1. The van der Waals surface area contributed by atoms with E-state index < -0.39 is 0 Å². The van der Waals surface area contributed by atoms with Gasteiger partial charge in [0.1, 0.15) is 17.4 Å². The summed E-state index contributed by atoms with van der Waals surface area (Å²) < 4.78 is 19.1. The van der Waals surface area contributed by atoms with Crippen LogP contribution in [-0.4, -0.2) is 18.1 Å². The zero-order valence-electron chi connectivity index (χ0n) is 17.0.